The van der Waals surface area contributed by atoms with E-state index in [0.717, 1.165) is 6.54 Å². The smallest absolute Gasteiger partial charge is 0.277 e. The van der Waals surface area contributed by atoms with Crippen LogP contribution in [0, 0.1) is 0 Å². The fraction of sp³-hybridized carbons (Fsp3) is 0.231. The minimum Gasteiger partial charge on any atom is -0.454 e. The van der Waals surface area contributed by atoms with Gasteiger partial charge >= 0.3 is 0 Å². The number of nitrogens with zero attached hydrogens (tertiary/aromatic N) is 5. The lowest BCUT2D eigenvalue weighted by atomic mass is 10.1. The number of amides is 1. The van der Waals surface area contributed by atoms with Crippen molar-refractivity contribution in [3.8, 4) is 23.0 Å². The van der Waals surface area contributed by atoms with Crippen LogP contribution in [0.3, 0.4) is 0 Å². The number of nitrogens with two attached hydrogens (primary N) is 1. The first-order valence-corrected chi connectivity index (χ1v) is 12.6. The number of para-hydroxylation sites is 1. The summed E-state index contributed by atoms with van der Waals surface area (Å²) in [5, 5.41) is 11.3. The molecule has 5 rings (SSSR count). The lowest BCUT2D eigenvalue weighted by Crippen LogP contribution is -2.54. The molecule has 1 amide bonds. The molecule has 0 saturated carbocycles. The average molecular weight is 554 g/mol. The Bertz CT molecular complexity index is 1430. The predicted octanol–water partition coefficient (Wildman–Crippen LogP) is 4.56. The SMILES string of the molecule is CN1CCN(c2c(NC(=O)c3coc(-c4ccnnc4)n3)ccc(Oc3ccccc3Cl)c2Cl)C[C@@H]1CN. The summed E-state index contributed by atoms with van der Waals surface area (Å²) < 4.78 is 11.6. The van der Waals surface area contributed by atoms with Gasteiger partial charge in [0.1, 0.15) is 22.8 Å². The topological polar surface area (TPSA) is 123 Å². The van der Waals surface area contributed by atoms with Crippen molar-refractivity contribution in [2.24, 2.45) is 5.73 Å². The summed E-state index contributed by atoms with van der Waals surface area (Å²) in [4.78, 5) is 21.8. The van der Waals surface area contributed by atoms with Gasteiger partial charge in [-0.05, 0) is 37.4 Å². The number of nitrogens with one attached hydrogen (secondary N) is 1. The van der Waals surface area contributed by atoms with Gasteiger partial charge in [0.25, 0.3) is 5.91 Å². The fourth-order valence-corrected chi connectivity index (χ4v) is 4.70. The summed E-state index contributed by atoms with van der Waals surface area (Å²) >= 11 is 13.2. The molecule has 1 aliphatic heterocycles. The summed E-state index contributed by atoms with van der Waals surface area (Å²) in [5.74, 6) is 0.683. The molecule has 38 heavy (non-hydrogen) atoms. The van der Waals surface area contributed by atoms with E-state index in [-0.39, 0.29) is 17.6 Å². The van der Waals surface area contributed by atoms with Crippen LogP contribution in [0.5, 0.6) is 11.5 Å². The number of anilines is 2. The van der Waals surface area contributed by atoms with Gasteiger partial charge in [0, 0.05) is 32.2 Å². The molecule has 0 bridgehead atoms. The van der Waals surface area contributed by atoms with E-state index in [2.05, 4.69) is 30.3 Å². The lowest BCUT2D eigenvalue weighted by Gasteiger charge is -2.41. The zero-order valence-electron chi connectivity index (χ0n) is 20.5. The summed E-state index contributed by atoms with van der Waals surface area (Å²) in [5.41, 5.74) is 7.86. The standard InChI is InChI=1S/C26H25Cl2N7O3/c1-34-10-11-35(14-17(34)12-29)24-19(6-7-22(23(24)28)38-21-5-3-2-4-18(21)27)32-25(36)20-15-37-26(33-20)16-8-9-30-31-13-16/h2-9,13,15,17H,10-12,14,29H2,1H3,(H,32,36)/t17-/m0/s1. The largest absolute Gasteiger partial charge is 0.454 e. The summed E-state index contributed by atoms with van der Waals surface area (Å²) in [7, 11) is 2.04. The number of hydrogen-bond donors (Lipinski definition) is 2. The first kappa shape index (κ1) is 25.9. The van der Waals surface area contributed by atoms with Gasteiger partial charge in [-0.15, -0.1) is 0 Å². The molecule has 10 nitrogen and oxygen atoms in total. The molecule has 1 atom stereocenters. The zero-order valence-corrected chi connectivity index (χ0v) is 22.0. The van der Waals surface area contributed by atoms with Gasteiger partial charge in [0.15, 0.2) is 5.69 Å². The van der Waals surface area contributed by atoms with Crippen LogP contribution in [-0.2, 0) is 0 Å². The molecule has 1 fully saturated rings. The average Bonchev–Trinajstić information content (AvgIpc) is 3.43. The van der Waals surface area contributed by atoms with Crippen LogP contribution in [0.1, 0.15) is 10.5 Å². The molecule has 196 valence electrons. The monoisotopic (exact) mass is 553 g/mol. The Labute approximate surface area is 229 Å². The minimum atomic E-state index is -0.455. The van der Waals surface area contributed by atoms with Crippen molar-refractivity contribution < 1.29 is 13.9 Å². The molecule has 3 N–H and O–H groups in total. The highest BCUT2D eigenvalue weighted by atomic mass is 35.5. The molecule has 1 saturated heterocycles. The Hall–Kier alpha value is -3.70. The Morgan fingerprint density at radius 3 is 2.76 bits per heavy atom. The number of hydrogen-bond acceptors (Lipinski definition) is 9. The maximum absolute atomic E-state index is 13.2. The maximum atomic E-state index is 13.2. The van der Waals surface area contributed by atoms with Crippen molar-refractivity contribution in [2.75, 3.05) is 43.4 Å². The highest BCUT2D eigenvalue weighted by Crippen LogP contribution is 2.44. The van der Waals surface area contributed by atoms with Crippen LogP contribution < -0.4 is 20.7 Å². The quantitative estimate of drug-likeness (QED) is 0.339. The van der Waals surface area contributed by atoms with Gasteiger partial charge in [-0.2, -0.15) is 10.2 Å². The molecular weight excluding hydrogens is 529 g/mol. The Morgan fingerprint density at radius 1 is 1.16 bits per heavy atom. The summed E-state index contributed by atoms with van der Waals surface area (Å²) in [6.45, 7) is 2.55. The highest BCUT2D eigenvalue weighted by molar-refractivity contribution is 6.36. The van der Waals surface area contributed by atoms with Crippen LogP contribution in [-0.4, -0.2) is 65.3 Å². The number of carbonyl (C=O) groups is 1. The molecule has 2 aromatic carbocycles. The molecule has 4 aromatic rings. The van der Waals surface area contributed by atoms with Crippen LogP contribution in [0.25, 0.3) is 11.5 Å². The van der Waals surface area contributed by atoms with E-state index in [4.69, 9.17) is 38.1 Å². The number of piperazine rings is 1. The van der Waals surface area contributed by atoms with Crippen molar-refractivity contribution in [2.45, 2.75) is 6.04 Å². The molecule has 0 unspecified atom stereocenters. The molecular formula is C26H25Cl2N7O3. The molecule has 0 aliphatic carbocycles. The van der Waals surface area contributed by atoms with Crippen LogP contribution in [0.2, 0.25) is 10.0 Å². The predicted molar refractivity (Wildman–Crippen MR) is 146 cm³/mol. The first-order valence-electron chi connectivity index (χ1n) is 11.9. The van der Waals surface area contributed by atoms with Crippen LogP contribution in [0.4, 0.5) is 11.4 Å². The summed E-state index contributed by atoms with van der Waals surface area (Å²) in [6.07, 6.45) is 4.32. The van der Waals surface area contributed by atoms with E-state index in [1.165, 1.54) is 18.7 Å². The molecule has 12 heteroatoms. The van der Waals surface area contributed by atoms with E-state index in [1.54, 1.807) is 30.3 Å². The Morgan fingerprint density at radius 2 is 2.00 bits per heavy atom. The normalized spacial score (nSPS) is 15.9. The maximum Gasteiger partial charge on any atom is 0.277 e. The second kappa shape index (κ2) is 11.4. The third kappa shape index (κ3) is 5.44. The van der Waals surface area contributed by atoms with Gasteiger partial charge in [-0.25, -0.2) is 4.98 Å². The van der Waals surface area contributed by atoms with Gasteiger partial charge in [0.2, 0.25) is 5.89 Å². The Kier molecular flexibility index (Phi) is 7.75. The number of oxazole rings is 1. The zero-order chi connectivity index (χ0) is 26.6. The van der Waals surface area contributed by atoms with Gasteiger partial charge < -0.3 is 25.1 Å². The molecule has 3 heterocycles. The Balaban J connectivity index is 1.47. The third-order valence-electron chi connectivity index (χ3n) is 6.32. The van der Waals surface area contributed by atoms with Crippen LogP contribution >= 0.6 is 23.2 Å². The highest BCUT2D eigenvalue weighted by Gasteiger charge is 2.28. The number of ether oxygens (including phenoxy) is 1. The van der Waals surface area contributed by atoms with E-state index >= 15 is 0 Å². The van der Waals surface area contributed by atoms with Crippen LogP contribution in [0.15, 0.2) is 65.5 Å². The second-order valence-corrected chi connectivity index (χ2v) is 9.53. The van der Waals surface area contributed by atoms with Gasteiger partial charge in [0.05, 0.1) is 34.4 Å². The van der Waals surface area contributed by atoms with Crippen molar-refractivity contribution >= 4 is 40.5 Å². The second-order valence-electron chi connectivity index (χ2n) is 8.75. The molecule has 0 spiro atoms. The summed E-state index contributed by atoms with van der Waals surface area (Å²) in [6, 6.07) is 12.4. The van der Waals surface area contributed by atoms with Crippen molar-refractivity contribution in [1.29, 1.82) is 0 Å². The molecule has 0 radical (unpaired) electrons. The fourth-order valence-electron chi connectivity index (χ4n) is 4.20. The van der Waals surface area contributed by atoms with Crippen molar-refractivity contribution in [3.63, 3.8) is 0 Å². The van der Waals surface area contributed by atoms with E-state index in [9.17, 15) is 4.79 Å². The number of carbonyl (C=O) groups excluding carboxylic acids is 1. The molecule has 2 aromatic heterocycles. The third-order valence-corrected chi connectivity index (χ3v) is 7.00. The van der Waals surface area contributed by atoms with E-state index in [0.29, 0.717) is 58.1 Å². The number of benzene rings is 2. The number of rotatable bonds is 7. The lowest BCUT2D eigenvalue weighted by molar-refractivity contribution is 0.102. The number of aromatic nitrogens is 3. The van der Waals surface area contributed by atoms with Crippen molar-refractivity contribution in [1.82, 2.24) is 20.1 Å². The molecule has 1 aliphatic rings. The minimum absolute atomic E-state index is 0.105. The number of halogens is 2. The number of likely N-dealkylation sites (N-methyl/N-ethyl adjacent to an activating group) is 1. The first-order chi connectivity index (χ1) is 18.4. The van der Waals surface area contributed by atoms with Gasteiger partial charge in [-0.1, -0.05) is 35.3 Å². The van der Waals surface area contributed by atoms with E-state index in [1.807, 2.05) is 19.2 Å². The van der Waals surface area contributed by atoms with Gasteiger partial charge in [-0.3, -0.25) is 9.69 Å². The van der Waals surface area contributed by atoms with Crippen molar-refractivity contribution in [3.05, 3.63) is 76.9 Å². The van der Waals surface area contributed by atoms with E-state index < -0.39 is 5.91 Å².